The number of hydrogen-bond donors (Lipinski definition) is 0. The van der Waals surface area contributed by atoms with E-state index in [0.717, 1.165) is 6.42 Å². The minimum Gasteiger partial charge on any atom is -0.466 e. The fraction of sp³-hybridized carbons (Fsp3) is 0.786. The standard InChI is InChI=1S/C14H22O2/c1-3-16-13(15)12-11(2)7-6-10-14(12)8-4-5-9-14/h6-7,11-12H,3-5,8-10H2,1-2H3/t11-,12-/m1/s1. The molecule has 0 amide bonds. The van der Waals surface area contributed by atoms with Crippen LogP contribution in [0.25, 0.3) is 0 Å². The van der Waals surface area contributed by atoms with E-state index in [2.05, 4.69) is 19.1 Å². The summed E-state index contributed by atoms with van der Waals surface area (Å²) in [6.07, 6.45) is 10.5. The number of ether oxygens (including phenoxy) is 1. The first-order chi connectivity index (χ1) is 7.69. The quantitative estimate of drug-likeness (QED) is 0.529. The fourth-order valence-electron chi connectivity index (χ4n) is 3.60. The van der Waals surface area contributed by atoms with E-state index in [9.17, 15) is 4.79 Å². The second kappa shape index (κ2) is 4.60. The maximum absolute atomic E-state index is 12.1. The van der Waals surface area contributed by atoms with E-state index in [0.29, 0.717) is 12.5 Å². The molecule has 2 aliphatic carbocycles. The van der Waals surface area contributed by atoms with Crippen LogP contribution in [0.4, 0.5) is 0 Å². The van der Waals surface area contributed by atoms with E-state index < -0.39 is 0 Å². The minimum absolute atomic E-state index is 0.0289. The third-order valence-corrected chi connectivity index (χ3v) is 4.29. The highest BCUT2D eigenvalue weighted by atomic mass is 16.5. The van der Waals surface area contributed by atoms with E-state index in [1.54, 1.807) is 0 Å². The van der Waals surface area contributed by atoms with E-state index in [1.807, 2.05) is 6.92 Å². The van der Waals surface area contributed by atoms with Gasteiger partial charge in [-0.25, -0.2) is 0 Å². The first kappa shape index (κ1) is 11.7. The highest BCUT2D eigenvalue weighted by Gasteiger charge is 2.48. The molecule has 2 atom stereocenters. The van der Waals surface area contributed by atoms with Crippen LogP contribution in [0.1, 0.15) is 46.0 Å². The van der Waals surface area contributed by atoms with Gasteiger partial charge in [0.1, 0.15) is 0 Å². The monoisotopic (exact) mass is 222 g/mol. The molecule has 0 aromatic rings. The summed E-state index contributed by atoms with van der Waals surface area (Å²) in [7, 11) is 0. The third-order valence-electron chi connectivity index (χ3n) is 4.29. The van der Waals surface area contributed by atoms with Crippen molar-refractivity contribution in [2.24, 2.45) is 17.3 Å². The van der Waals surface area contributed by atoms with Crippen LogP contribution in [0.15, 0.2) is 12.2 Å². The lowest BCUT2D eigenvalue weighted by molar-refractivity contribution is -0.155. The van der Waals surface area contributed by atoms with Crippen LogP contribution in [0.2, 0.25) is 0 Å². The van der Waals surface area contributed by atoms with Gasteiger partial charge in [0.15, 0.2) is 0 Å². The summed E-state index contributed by atoms with van der Waals surface area (Å²) in [6, 6.07) is 0. The normalized spacial score (nSPS) is 31.9. The molecule has 0 unspecified atom stereocenters. The summed E-state index contributed by atoms with van der Waals surface area (Å²) in [5.74, 6) is 0.465. The first-order valence-electron chi connectivity index (χ1n) is 6.53. The molecule has 1 spiro atoms. The van der Waals surface area contributed by atoms with Crippen LogP contribution >= 0.6 is 0 Å². The van der Waals surface area contributed by atoms with Crippen LogP contribution < -0.4 is 0 Å². The number of esters is 1. The molecule has 2 nitrogen and oxygen atoms in total. The van der Waals surface area contributed by atoms with Gasteiger partial charge in [-0.05, 0) is 37.5 Å². The Kier molecular flexibility index (Phi) is 3.36. The number of allylic oxidation sites excluding steroid dienone is 2. The lowest BCUT2D eigenvalue weighted by Crippen LogP contribution is -2.40. The maximum atomic E-state index is 12.1. The Hall–Kier alpha value is -0.790. The topological polar surface area (TPSA) is 26.3 Å². The lowest BCUT2D eigenvalue weighted by atomic mass is 9.64. The summed E-state index contributed by atoms with van der Waals surface area (Å²) >= 11 is 0. The molecular weight excluding hydrogens is 200 g/mol. The molecule has 2 heteroatoms. The van der Waals surface area contributed by atoms with Gasteiger partial charge in [-0.15, -0.1) is 0 Å². The van der Waals surface area contributed by atoms with E-state index >= 15 is 0 Å². The van der Waals surface area contributed by atoms with E-state index in [1.165, 1.54) is 25.7 Å². The smallest absolute Gasteiger partial charge is 0.310 e. The summed E-state index contributed by atoms with van der Waals surface area (Å²) in [5, 5.41) is 0. The van der Waals surface area contributed by atoms with Gasteiger partial charge in [0.25, 0.3) is 0 Å². The van der Waals surface area contributed by atoms with E-state index in [-0.39, 0.29) is 17.3 Å². The Bertz CT molecular complexity index is 287. The van der Waals surface area contributed by atoms with Crippen LogP contribution in [-0.2, 0) is 9.53 Å². The minimum atomic E-state index is 0.0289. The largest absolute Gasteiger partial charge is 0.466 e. The Morgan fingerprint density at radius 3 is 2.75 bits per heavy atom. The molecule has 0 aromatic heterocycles. The summed E-state index contributed by atoms with van der Waals surface area (Å²) in [6.45, 7) is 4.54. The zero-order valence-corrected chi connectivity index (χ0v) is 10.4. The van der Waals surface area contributed by atoms with Gasteiger partial charge in [0.2, 0.25) is 0 Å². The second-order valence-corrected chi connectivity index (χ2v) is 5.29. The third kappa shape index (κ3) is 1.90. The SMILES string of the molecule is CCOC(=O)[C@H]1[C@H](C)C=CCC12CCCC2. The molecule has 2 aliphatic rings. The average Bonchev–Trinajstić information content (AvgIpc) is 2.67. The Morgan fingerprint density at radius 2 is 2.12 bits per heavy atom. The Morgan fingerprint density at radius 1 is 1.44 bits per heavy atom. The van der Waals surface area contributed by atoms with Crippen molar-refractivity contribution in [3.05, 3.63) is 12.2 Å². The van der Waals surface area contributed by atoms with Gasteiger partial charge in [-0.3, -0.25) is 4.79 Å². The summed E-state index contributed by atoms with van der Waals surface area (Å²) in [4.78, 5) is 12.1. The van der Waals surface area contributed by atoms with Crippen molar-refractivity contribution < 1.29 is 9.53 Å². The van der Waals surface area contributed by atoms with Crippen LogP contribution in [0.3, 0.4) is 0 Å². The van der Waals surface area contributed by atoms with Crippen molar-refractivity contribution in [2.45, 2.75) is 46.0 Å². The molecule has 0 bridgehead atoms. The zero-order chi connectivity index (χ0) is 11.6. The molecule has 0 heterocycles. The van der Waals surface area contributed by atoms with Gasteiger partial charge in [0, 0.05) is 0 Å². The molecule has 2 rings (SSSR count). The van der Waals surface area contributed by atoms with Crippen molar-refractivity contribution in [3.63, 3.8) is 0 Å². The second-order valence-electron chi connectivity index (χ2n) is 5.29. The number of carbonyl (C=O) groups is 1. The molecular formula is C14H22O2. The molecule has 90 valence electrons. The van der Waals surface area contributed by atoms with Crippen LogP contribution in [-0.4, -0.2) is 12.6 Å². The molecule has 0 saturated heterocycles. The molecule has 0 radical (unpaired) electrons. The Labute approximate surface area is 98.1 Å². The summed E-state index contributed by atoms with van der Waals surface area (Å²) < 4.78 is 5.27. The molecule has 0 aliphatic heterocycles. The van der Waals surface area contributed by atoms with Crippen molar-refractivity contribution in [1.29, 1.82) is 0 Å². The number of carbonyl (C=O) groups excluding carboxylic acids is 1. The molecule has 16 heavy (non-hydrogen) atoms. The maximum Gasteiger partial charge on any atom is 0.310 e. The Balaban J connectivity index is 2.22. The van der Waals surface area contributed by atoms with Gasteiger partial charge in [0.05, 0.1) is 12.5 Å². The highest BCUT2D eigenvalue weighted by Crippen LogP contribution is 2.52. The number of hydrogen-bond acceptors (Lipinski definition) is 2. The van der Waals surface area contributed by atoms with Gasteiger partial charge in [-0.1, -0.05) is 31.9 Å². The van der Waals surface area contributed by atoms with Crippen LogP contribution in [0, 0.1) is 17.3 Å². The predicted octanol–water partition coefficient (Wildman–Crippen LogP) is 3.32. The van der Waals surface area contributed by atoms with E-state index in [4.69, 9.17) is 4.74 Å². The fourth-order valence-corrected chi connectivity index (χ4v) is 3.60. The predicted molar refractivity (Wildman–Crippen MR) is 63.9 cm³/mol. The average molecular weight is 222 g/mol. The van der Waals surface area contributed by atoms with Gasteiger partial charge >= 0.3 is 5.97 Å². The van der Waals surface area contributed by atoms with Crippen LogP contribution in [0.5, 0.6) is 0 Å². The molecule has 0 aromatic carbocycles. The number of rotatable bonds is 2. The van der Waals surface area contributed by atoms with Crippen molar-refractivity contribution in [3.8, 4) is 0 Å². The highest BCUT2D eigenvalue weighted by molar-refractivity contribution is 5.74. The lowest BCUT2D eigenvalue weighted by Gasteiger charge is -2.40. The molecule has 1 fully saturated rings. The molecule has 1 saturated carbocycles. The zero-order valence-electron chi connectivity index (χ0n) is 10.4. The van der Waals surface area contributed by atoms with Crippen molar-refractivity contribution in [1.82, 2.24) is 0 Å². The van der Waals surface area contributed by atoms with Gasteiger partial charge in [-0.2, -0.15) is 0 Å². The van der Waals surface area contributed by atoms with Crippen molar-refractivity contribution >= 4 is 5.97 Å². The summed E-state index contributed by atoms with van der Waals surface area (Å²) in [5.41, 5.74) is 0.223. The van der Waals surface area contributed by atoms with Crippen molar-refractivity contribution in [2.75, 3.05) is 6.61 Å². The first-order valence-corrected chi connectivity index (χ1v) is 6.53. The van der Waals surface area contributed by atoms with Gasteiger partial charge < -0.3 is 4.74 Å². The molecule has 0 N–H and O–H groups in total.